The smallest absolute Gasteiger partial charge is 0.356 e. The van der Waals surface area contributed by atoms with E-state index >= 15 is 0 Å². The molecule has 6 amide bonds. The molecule has 0 radical (unpaired) electrons. The molecule has 0 bridgehead atoms. The number of aromatic nitrogens is 4. The van der Waals surface area contributed by atoms with Crippen molar-refractivity contribution in [2.24, 2.45) is 7.05 Å². The number of aryl methyl sites for hydroxylation is 1. The van der Waals surface area contributed by atoms with Crippen LogP contribution in [0, 0.1) is 0 Å². The molecular weight excluding hydrogens is 865 g/mol. The Kier molecular flexibility index (Phi) is 13.4. The maximum absolute atomic E-state index is 14.5. The van der Waals surface area contributed by atoms with E-state index in [-0.39, 0.29) is 53.7 Å². The van der Waals surface area contributed by atoms with Crippen molar-refractivity contribution in [2.45, 2.75) is 62.0 Å². The van der Waals surface area contributed by atoms with Gasteiger partial charge in [0.1, 0.15) is 28.8 Å². The molecule has 4 heterocycles. The van der Waals surface area contributed by atoms with Crippen LogP contribution < -0.4 is 16.4 Å². The first kappa shape index (κ1) is 45.3. The summed E-state index contributed by atoms with van der Waals surface area (Å²) in [6, 6.07) is 18.5. The van der Waals surface area contributed by atoms with E-state index in [0.29, 0.717) is 26.8 Å². The number of nitrogens with two attached hydrogens (primary N) is 1. The molecule has 0 saturated carbocycles. The predicted octanol–water partition coefficient (Wildman–Crippen LogP) is 2.97. The highest BCUT2D eigenvalue weighted by Gasteiger charge is 2.55. The van der Waals surface area contributed by atoms with E-state index in [0.717, 1.165) is 0 Å². The molecule has 2 fully saturated rings. The van der Waals surface area contributed by atoms with Gasteiger partial charge < -0.3 is 30.7 Å². The molecule has 64 heavy (non-hydrogen) atoms. The summed E-state index contributed by atoms with van der Waals surface area (Å²) in [6.07, 6.45) is -0.831. The topological polar surface area (TPSA) is 241 Å². The van der Waals surface area contributed by atoms with Gasteiger partial charge in [-0.3, -0.25) is 29.0 Å². The fourth-order valence-electron chi connectivity index (χ4n) is 7.22. The lowest BCUT2D eigenvalue weighted by atomic mass is 9.98. The van der Waals surface area contributed by atoms with Gasteiger partial charge in [-0.2, -0.15) is 0 Å². The van der Waals surface area contributed by atoms with Gasteiger partial charge in [0.15, 0.2) is 6.10 Å². The number of likely N-dealkylation sites (N-methyl/N-ethyl adjacent to an activating group) is 1. The van der Waals surface area contributed by atoms with Gasteiger partial charge in [0.25, 0.3) is 5.91 Å². The Bertz CT molecular complexity index is 2470. The van der Waals surface area contributed by atoms with Crippen LogP contribution in [0.5, 0.6) is 0 Å². The number of nitrogens with one attached hydrogen (secondary N) is 2. The molecule has 0 spiro atoms. The number of ether oxygens (including phenoxy) is 2. The number of hydrogen-bond donors (Lipinski definition) is 3. The van der Waals surface area contributed by atoms with Crippen molar-refractivity contribution in [2.75, 3.05) is 36.9 Å². The Morgan fingerprint density at radius 3 is 2.20 bits per heavy atom. The molecule has 19 nitrogen and oxygen atoms in total. The van der Waals surface area contributed by atoms with Gasteiger partial charge in [0.05, 0.1) is 5.56 Å². The Labute approximate surface area is 376 Å². The normalized spacial score (nSPS) is 18.0. The third kappa shape index (κ3) is 9.59. The number of hydrogen-bond acceptors (Lipinski definition) is 15. The maximum atomic E-state index is 14.5. The first-order valence-corrected chi connectivity index (χ1v) is 22.3. The average molecular weight is 911 g/mol. The zero-order chi connectivity index (χ0) is 45.9. The fourth-order valence-corrected chi connectivity index (χ4v) is 9.55. The molecule has 4 N–H and O–H groups in total. The van der Waals surface area contributed by atoms with Crippen molar-refractivity contribution in [1.29, 1.82) is 0 Å². The molecule has 7 rings (SSSR count). The SMILES string of the molecule is CCN1CCN(C(=O)N[C@H](C(=O)N[C@@H]2C(=O)N3C(C(=O)OC(c4ccccc4)c4ccccc4)=C(CSc4nnnn4C)CS[C@H]23)c2ccc(C(=O)OC(C)(C)C)cc2N)C(=O)C1=O. The van der Waals surface area contributed by atoms with Crippen LogP contribution in [0.4, 0.5) is 10.5 Å². The van der Waals surface area contributed by atoms with E-state index < -0.39 is 70.8 Å². The number of imide groups is 1. The highest BCUT2D eigenvalue weighted by molar-refractivity contribution is 8.01. The van der Waals surface area contributed by atoms with E-state index in [2.05, 4.69) is 26.2 Å². The van der Waals surface area contributed by atoms with Crippen LogP contribution in [0.25, 0.3) is 0 Å². The first-order valence-electron chi connectivity index (χ1n) is 20.2. The number of nitrogen functional groups attached to an aromatic ring is 1. The zero-order valence-corrected chi connectivity index (χ0v) is 37.2. The van der Waals surface area contributed by atoms with Crippen LogP contribution in [0.3, 0.4) is 0 Å². The summed E-state index contributed by atoms with van der Waals surface area (Å²) < 4.78 is 13.2. The highest BCUT2D eigenvalue weighted by Crippen LogP contribution is 2.43. The fraction of sp³-hybridized carbons (Fsp3) is 0.349. The molecular formula is C43H46N10O9S2. The molecule has 0 unspecified atom stereocenters. The number of carbonyl (C=O) groups is 7. The molecule has 3 aromatic carbocycles. The van der Waals surface area contributed by atoms with Crippen LogP contribution in [0.15, 0.2) is 95.3 Å². The number of amides is 6. The van der Waals surface area contributed by atoms with Gasteiger partial charge in [0, 0.05) is 49.4 Å². The van der Waals surface area contributed by atoms with Crippen molar-refractivity contribution in [1.82, 2.24) is 45.5 Å². The van der Waals surface area contributed by atoms with Gasteiger partial charge in [-0.25, -0.2) is 19.1 Å². The molecule has 3 atom stereocenters. The largest absolute Gasteiger partial charge is 0.456 e. The number of β-lactam (4-membered cyclic amide) rings is 1. The van der Waals surface area contributed by atoms with Gasteiger partial charge >= 0.3 is 29.8 Å². The van der Waals surface area contributed by atoms with Crippen molar-refractivity contribution < 1.29 is 43.0 Å². The van der Waals surface area contributed by atoms with Crippen molar-refractivity contribution in [3.05, 3.63) is 112 Å². The van der Waals surface area contributed by atoms with E-state index in [1.807, 2.05) is 60.7 Å². The van der Waals surface area contributed by atoms with E-state index in [1.54, 1.807) is 34.7 Å². The first-order chi connectivity index (χ1) is 30.6. The minimum Gasteiger partial charge on any atom is -0.456 e. The number of esters is 2. The number of tetrazole rings is 1. The molecule has 334 valence electrons. The van der Waals surface area contributed by atoms with Gasteiger partial charge in [-0.1, -0.05) is 78.5 Å². The standard InChI is InChI=1S/C43H46N10O9S2/c1-6-51-19-20-52(37(57)36(51)56)41(60)46-30(28-18-17-26(21-29(28)44)39(58)62-43(2,3)4)34(54)45-31-35(55)53-32(27(22-63-38(31)53)23-64-42-47-48-49-50(42)5)40(59)61-33(24-13-9-7-10-14-24)25-15-11-8-12-16-25/h7-18,21,30-31,33,38H,6,19-20,22-23,44H2,1-5H3,(H,45,54)(H,46,60)/t30-,31+,38+/m0/s1. The lowest BCUT2D eigenvalue weighted by molar-refractivity contribution is -0.155. The summed E-state index contributed by atoms with van der Waals surface area (Å²) >= 11 is 2.57. The number of carbonyl (C=O) groups excluding carboxylic acids is 7. The summed E-state index contributed by atoms with van der Waals surface area (Å²) in [6.45, 7) is 6.98. The molecule has 3 aliphatic heterocycles. The van der Waals surface area contributed by atoms with Crippen molar-refractivity contribution in [3.63, 3.8) is 0 Å². The molecule has 1 aromatic heterocycles. The molecule has 21 heteroatoms. The zero-order valence-electron chi connectivity index (χ0n) is 35.5. The Morgan fingerprint density at radius 1 is 0.938 bits per heavy atom. The molecule has 3 aliphatic rings. The number of rotatable bonds is 13. The lowest BCUT2D eigenvalue weighted by Crippen LogP contribution is -2.71. The molecule has 2 saturated heterocycles. The van der Waals surface area contributed by atoms with E-state index in [4.69, 9.17) is 15.2 Å². The summed E-state index contributed by atoms with van der Waals surface area (Å²) in [7, 11) is 1.68. The molecule has 4 aromatic rings. The van der Waals surface area contributed by atoms with Crippen LogP contribution in [-0.2, 0) is 40.5 Å². The minimum atomic E-state index is -1.63. The third-order valence-corrected chi connectivity index (χ3v) is 12.9. The van der Waals surface area contributed by atoms with Crippen LogP contribution in [0.2, 0.25) is 0 Å². The summed E-state index contributed by atoms with van der Waals surface area (Å²) in [5.74, 6) is -4.47. The Balaban J connectivity index is 1.17. The number of benzene rings is 3. The quantitative estimate of drug-likeness (QED) is 0.0575. The number of urea groups is 1. The second kappa shape index (κ2) is 18.9. The number of piperazine rings is 1. The van der Waals surface area contributed by atoms with Crippen molar-refractivity contribution in [3.8, 4) is 0 Å². The molecule has 0 aliphatic carbocycles. The third-order valence-electron chi connectivity index (χ3n) is 10.4. The summed E-state index contributed by atoms with van der Waals surface area (Å²) in [4.78, 5) is 98.9. The lowest BCUT2D eigenvalue weighted by Gasteiger charge is -2.50. The van der Waals surface area contributed by atoms with Crippen molar-refractivity contribution >= 4 is 70.8 Å². The highest BCUT2D eigenvalue weighted by atomic mass is 32.2. The number of anilines is 1. The number of thioether (sulfide) groups is 2. The Morgan fingerprint density at radius 2 is 1.61 bits per heavy atom. The minimum absolute atomic E-state index is 0.0139. The number of nitrogens with zero attached hydrogens (tertiary/aromatic N) is 7. The van der Waals surface area contributed by atoms with Crippen LogP contribution in [0.1, 0.15) is 66.9 Å². The predicted molar refractivity (Wildman–Crippen MR) is 234 cm³/mol. The second-order valence-corrected chi connectivity index (χ2v) is 17.9. The maximum Gasteiger partial charge on any atom is 0.356 e. The summed E-state index contributed by atoms with van der Waals surface area (Å²) in [5.41, 5.74) is 7.62. The number of fused-ring (bicyclic) bond motifs is 1. The Hall–Kier alpha value is -6.74. The van der Waals surface area contributed by atoms with Gasteiger partial charge in [0.2, 0.25) is 11.1 Å². The van der Waals surface area contributed by atoms with Crippen LogP contribution in [-0.4, -0.2) is 125 Å². The van der Waals surface area contributed by atoms with E-state index in [1.165, 1.54) is 56.2 Å². The van der Waals surface area contributed by atoms with Crippen LogP contribution >= 0.6 is 23.5 Å². The van der Waals surface area contributed by atoms with Gasteiger partial charge in [-0.15, -0.1) is 16.9 Å². The second-order valence-electron chi connectivity index (χ2n) is 15.9. The average Bonchev–Trinajstić information content (AvgIpc) is 3.70. The monoisotopic (exact) mass is 910 g/mol. The van der Waals surface area contributed by atoms with Gasteiger partial charge in [-0.05, 0) is 67.0 Å². The van der Waals surface area contributed by atoms with E-state index in [9.17, 15) is 33.6 Å². The summed E-state index contributed by atoms with van der Waals surface area (Å²) in [5, 5.41) is 16.5.